The highest BCUT2D eigenvalue weighted by molar-refractivity contribution is 7.26. The quantitative estimate of drug-likeness (QED) is 0.152. The Morgan fingerprint density at radius 2 is 0.729 bits per heavy atom. The van der Waals surface area contributed by atoms with Gasteiger partial charge in [0, 0.05) is 59.8 Å². The van der Waals surface area contributed by atoms with Crippen molar-refractivity contribution in [1.82, 2.24) is 9.13 Å². The van der Waals surface area contributed by atoms with Gasteiger partial charge in [-0.05, 0) is 134 Å². The summed E-state index contributed by atoms with van der Waals surface area (Å²) >= 11 is 1.86. The lowest BCUT2D eigenvalue weighted by Crippen LogP contribution is -2.09. The van der Waals surface area contributed by atoms with Gasteiger partial charge in [0.05, 0.1) is 32.5 Å². The summed E-state index contributed by atoms with van der Waals surface area (Å²) in [6.07, 6.45) is 0. The number of benzene rings is 12. The van der Waals surface area contributed by atoms with Crippen LogP contribution in [0, 0.1) is 0 Å². The van der Waals surface area contributed by atoms with E-state index in [1.807, 2.05) is 11.3 Å². The highest BCUT2D eigenvalue weighted by Gasteiger charge is 2.21. The Bertz CT molecular complexity index is 4500. The van der Waals surface area contributed by atoms with Gasteiger partial charge in [-0.25, -0.2) is 0 Å². The zero-order valence-electron chi connectivity index (χ0n) is 37.9. The van der Waals surface area contributed by atoms with E-state index in [0.717, 1.165) is 22.7 Å². The first kappa shape index (κ1) is 39.1. The lowest BCUT2D eigenvalue weighted by Gasteiger charge is -2.26. The molecule has 0 saturated carbocycles. The van der Waals surface area contributed by atoms with Crippen LogP contribution in [0.15, 0.2) is 249 Å². The molecule has 12 aromatic carbocycles. The first-order chi connectivity index (χ1) is 34.7. The Kier molecular flexibility index (Phi) is 8.53. The van der Waals surface area contributed by atoms with Crippen LogP contribution >= 0.6 is 11.3 Å². The van der Waals surface area contributed by atoms with Gasteiger partial charge in [0.1, 0.15) is 0 Å². The van der Waals surface area contributed by atoms with E-state index in [0.29, 0.717) is 0 Å². The third-order valence-corrected chi connectivity index (χ3v) is 15.9. The Labute approximate surface area is 407 Å². The minimum atomic E-state index is 1.12. The Morgan fingerprint density at radius 3 is 1.40 bits per heavy atom. The van der Waals surface area contributed by atoms with Gasteiger partial charge in [-0.15, -0.1) is 11.3 Å². The molecule has 0 spiro atoms. The van der Waals surface area contributed by atoms with E-state index in [1.54, 1.807) is 0 Å². The molecule has 0 unspecified atom stereocenters. The topological polar surface area (TPSA) is 13.1 Å². The fourth-order valence-electron chi connectivity index (χ4n) is 11.6. The second-order valence-electron chi connectivity index (χ2n) is 18.4. The minimum absolute atomic E-state index is 1.12. The molecule has 0 fully saturated rings. The van der Waals surface area contributed by atoms with Gasteiger partial charge in [-0.3, -0.25) is 0 Å². The standard InChI is InChI=1S/C66H41N3S/c1-2-15-44(16-3-1)67(64-27-14-24-56-55-23-10-13-28-65(55)70-66(56)64)45-32-29-42(30-33-45)43-31-37-62-58(39-43)59-41-47(68-60-25-11-8-21-53(60)54-22-9-12-26-61(54)68)35-38-63(59)69(62)46-34-36-52-50-19-5-4-17-48(50)49-18-6-7-20-51(49)57(52)40-46/h1-41H. The molecule has 3 heterocycles. The second-order valence-corrected chi connectivity index (χ2v) is 19.5. The van der Waals surface area contributed by atoms with Crippen molar-refractivity contribution < 1.29 is 0 Å². The van der Waals surface area contributed by atoms with Gasteiger partial charge < -0.3 is 14.0 Å². The van der Waals surface area contributed by atoms with Gasteiger partial charge in [0.15, 0.2) is 0 Å². The number of fused-ring (bicyclic) bond motifs is 15. The molecule has 15 aromatic rings. The monoisotopic (exact) mass is 907 g/mol. The third kappa shape index (κ3) is 5.81. The van der Waals surface area contributed by atoms with Crippen LogP contribution in [0.1, 0.15) is 0 Å². The SMILES string of the molecule is c1ccc(N(c2ccc(-c3ccc4c(c3)c3cc(-n5c6ccccc6c6ccccc65)ccc3n4-c3ccc4c5ccccc5c5ccccc5c4c3)cc2)c2cccc3c2sc2ccccc23)cc1. The third-order valence-electron chi connectivity index (χ3n) is 14.7. The summed E-state index contributed by atoms with van der Waals surface area (Å²) in [7, 11) is 0. The van der Waals surface area contributed by atoms with Crippen LogP contribution in [0.25, 0.3) is 119 Å². The number of para-hydroxylation sites is 3. The summed E-state index contributed by atoms with van der Waals surface area (Å²) in [5.41, 5.74) is 12.8. The average Bonchev–Trinajstić information content (AvgIpc) is 4.09. The summed E-state index contributed by atoms with van der Waals surface area (Å²) in [6, 6.07) is 91.8. The number of hydrogen-bond acceptors (Lipinski definition) is 2. The van der Waals surface area contributed by atoms with Crippen molar-refractivity contribution in [2.75, 3.05) is 4.90 Å². The van der Waals surface area contributed by atoms with Gasteiger partial charge in [0.2, 0.25) is 0 Å². The zero-order valence-corrected chi connectivity index (χ0v) is 38.7. The summed E-state index contributed by atoms with van der Waals surface area (Å²) in [4.78, 5) is 2.41. The van der Waals surface area contributed by atoms with Crippen molar-refractivity contribution in [3.63, 3.8) is 0 Å². The molecule has 0 aliphatic carbocycles. The number of hydrogen-bond donors (Lipinski definition) is 0. The van der Waals surface area contributed by atoms with Crippen LogP contribution in [0.5, 0.6) is 0 Å². The first-order valence-corrected chi connectivity index (χ1v) is 24.8. The highest BCUT2D eigenvalue weighted by atomic mass is 32.1. The zero-order chi connectivity index (χ0) is 45.9. The van der Waals surface area contributed by atoms with Gasteiger partial charge in [-0.2, -0.15) is 0 Å². The molecule has 15 rings (SSSR count). The largest absolute Gasteiger partial charge is 0.309 e. The lowest BCUT2D eigenvalue weighted by molar-refractivity contribution is 1.17. The molecule has 0 saturated heterocycles. The predicted molar refractivity (Wildman–Crippen MR) is 301 cm³/mol. The van der Waals surface area contributed by atoms with E-state index >= 15 is 0 Å². The molecule has 3 aromatic heterocycles. The van der Waals surface area contributed by atoms with Crippen LogP contribution in [-0.2, 0) is 0 Å². The summed E-state index contributed by atoms with van der Waals surface area (Å²) in [5, 5.41) is 15.2. The van der Waals surface area contributed by atoms with Gasteiger partial charge >= 0.3 is 0 Å². The molecule has 0 aliphatic rings. The molecule has 4 heteroatoms. The van der Waals surface area contributed by atoms with Crippen molar-refractivity contribution >= 4 is 125 Å². The van der Waals surface area contributed by atoms with Crippen molar-refractivity contribution in [3.8, 4) is 22.5 Å². The number of anilines is 3. The molecule has 70 heavy (non-hydrogen) atoms. The molecule has 0 aliphatic heterocycles. The van der Waals surface area contributed by atoms with Crippen LogP contribution < -0.4 is 4.90 Å². The molecular formula is C66H41N3S. The summed E-state index contributed by atoms with van der Waals surface area (Å²) < 4.78 is 7.49. The molecule has 0 bridgehead atoms. The number of nitrogens with zero attached hydrogens (tertiary/aromatic N) is 3. The predicted octanol–water partition coefficient (Wildman–Crippen LogP) is 18.8. The van der Waals surface area contributed by atoms with Crippen LogP contribution in [0.2, 0.25) is 0 Å². The maximum atomic E-state index is 2.48. The van der Waals surface area contributed by atoms with E-state index in [1.165, 1.54) is 113 Å². The summed E-state index contributed by atoms with van der Waals surface area (Å²) in [6.45, 7) is 0. The number of rotatable bonds is 6. The average molecular weight is 908 g/mol. The lowest BCUT2D eigenvalue weighted by atomic mass is 9.94. The van der Waals surface area contributed by atoms with Crippen LogP contribution in [0.4, 0.5) is 17.1 Å². The number of thiophene rings is 1. The maximum Gasteiger partial charge on any atom is 0.0640 e. The van der Waals surface area contributed by atoms with E-state index in [-0.39, 0.29) is 0 Å². The van der Waals surface area contributed by atoms with E-state index < -0.39 is 0 Å². The molecule has 0 amide bonds. The molecule has 0 radical (unpaired) electrons. The van der Waals surface area contributed by atoms with Crippen molar-refractivity contribution in [1.29, 1.82) is 0 Å². The van der Waals surface area contributed by atoms with E-state index in [2.05, 4.69) is 263 Å². The molecular weight excluding hydrogens is 867 g/mol. The molecule has 0 atom stereocenters. The molecule has 3 nitrogen and oxygen atoms in total. The van der Waals surface area contributed by atoms with Crippen LogP contribution in [-0.4, -0.2) is 9.13 Å². The maximum absolute atomic E-state index is 2.48. The smallest absolute Gasteiger partial charge is 0.0640 e. The Morgan fingerprint density at radius 1 is 0.271 bits per heavy atom. The van der Waals surface area contributed by atoms with Crippen molar-refractivity contribution in [2.24, 2.45) is 0 Å². The highest BCUT2D eigenvalue weighted by Crippen LogP contribution is 2.46. The normalized spacial score (nSPS) is 12.0. The molecule has 0 N–H and O–H groups in total. The fourth-order valence-corrected chi connectivity index (χ4v) is 12.8. The van der Waals surface area contributed by atoms with Crippen molar-refractivity contribution in [3.05, 3.63) is 249 Å². The van der Waals surface area contributed by atoms with E-state index in [9.17, 15) is 0 Å². The second kappa shape index (κ2) is 15.3. The van der Waals surface area contributed by atoms with E-state index in [4.69, 9.17) is 0 Å². The molecule has 326 valence electrons. The van der Waals surface area contributed by atoms with Gasteiger partial charge in [0.25, 0.3) is 0 Å². The van der Waals surface area contributed by atoms with Crippen molar-refractivity contribution in [2.45, 2.75) is 0 Å². The minimum Gasteiger partial charge on any atom is -0.309 e. The Balaban J connectivity index is 0.926. The fraction of sp³-hybridized carbons (Fsp3) is 0. The van der Waals surface area contributed by atoms with Crippen LogP contribution in [0.3, 0.4) is 0 Å². The van der Waals surface area contributed by atoms with Gasteiger partial charge in [-0.1, -0.05) is 158 Å². The number of aromatic nitrogens is 2. The summed E-state index contributed by atoms with van der Waals surface area (Å²) in [5.74, 6) is 0. The Hall–Kier alpha value is -8.96. The first-order valence-electron chi connectivity index (χ1n) is 24.0.